The van der Waals surface area contributed by atoms with Crippen LogP contribution in [0.2, 0.25) is 0 Å². The summed E-state index contributed by atoms with van der Waals surface area (Å²) in [5, 5.41) is 0. The summed E-state index contributed by atoms with van der Waals surface area (Å²) in [5.74, 6) is -0.284. The second-order valence-corrected chi connectivity index (χ2v) is 2.91. The lowest BCUT2D eigenvalue weighted by Gasteiger charge is -2.19. The SMILES string of the molecule is CN(CCN)c1cc(F)ccc1N. The van der Waals surface area contributed by atoms with Crippen LogP contribution in [-0.4, -0.2) is 20.1 Å². The molecule has 0 unspecified atom stereocenters. The number of nitrogen functional groups attached to an aromatic ring is 1. The highest BCUT2D eigenvalue weighted by Crippen LogP contribution is 2.22. The molecule has 0 saturated carbocycles. The van der Waals surface area contributed by atoms with Crippen molar-refractivity contribution in [1.82, 2.24) is 0 Å². The predicted octanol–water partition coefficient (Wildman–Crippen LogP) is 0.803. The van der Waals surface area contributed by atoms with Gasteiger partial charge in [0, 0.05) is 20.1 Å². The van der Waals surface area contributed by atoms with E-state index < -0.39 is 0 Å². The van der Waals surface area contributed by atoms with E-state index in [2.05, 4.69) is 0 Å². The largest absolute Gasteiger partial charge is 0.397 e. The predicted molar refractivity (Wildman–Crippen MR) is 53.1 cm³/mol. The average molecular weight is 183 g/mol. The molecule has 0 fully saturated rings. The lowest BCUT2D eigenvalue weighted by Crippen LogP contribution is -2.25. The van der Waals surface area contributed by atoms with Gasteiger partial charge >= 0.3 is 0 Å². The van der Waals surface area contributed by atoms with E-state index in [1.165, 1.54) is 12.1 Å². The zero-order valence-corrected chi connectivity index (χ0v) is 7.63. The smallest absolute Gasteiger partial charge is 0.125 e. The Kier molecular flexibility index (Phi) is 3.08. The third-order valence-electron chi connectivity index (χ3n) is 1.87. The number of hydrogen-bond donors (Lipinski definition) is 2. The molecule has 0 saturated heterocycles. The van der Waals surface area contributed by atoms with Gasteiger partial charge in [-0.3, -0.25) is 0 Å². The summed E-state index contributed by atoms with van der Waals surface area (Å²) in [6, 6.07) is 4.30. The van der Waals surface area contributed by atoms with Gasteiger partial charge in [-0.05, 0) is 18.2 Å². The van der Waals surface area contributed by atoms with Crippen LogP contribution in [0, 0.1) is 5.82 Å². The third-order valence-corrected chi connectivity index (χ3v) is 1.87. The van der Waals surface area contributed by atoms with Gasteiger partial charge in [-0.15, -0.1) is 0 Å². The van der Waals surface area contributed by atoms with Crippen molar-refractivity contribution in [2.24, 2.45) is 5.73 Å². The van der Waals surface area contributed by atoms with Crippen LogP contribution in [-0.2, 0) is 0 Å². The second-order valence-electron chi connectivity index (χ2n) is 2.91. The molecule has 0 aliphatic rings. The Labute approximate surface area is 77.1 Å². The third kappa shape index (κ3) is 2.32. The first-order valence-corrected chi connectivity index (χ1v) is 4.11. The van der Waals surface area contributed by atoms with Crippen LogP contribution >= 0.6 is 0 Å². The van der Waals surface area contributed by atoms with Crippen molar-refractivity contribution in [2.45, 2.75) is 0 Å². The van der Waals surface area contributed by atoms with E-state index in [1.807, 2.05) is 11.9 Å². The molecule has 1 rings (SSSR count). The Morgan fingerprint density at radius 2 is 2.15 bits per heavy atom. The van der Waals surface area contributed by atoms with Crippen LogP contribution < -0.4 is 16.4 Å². The van der Waals surface area contributed by atoms with Crippen LogP contribution in [0.15, 0.2) is 18.2 Å². The van der Waals surface area contributed by atoms with Crippen molar-refractivity contribution in [3.63, 3.8) is 0 Å². The van der Waals surface area contributed by atoms with E-state index in [-0.39, 0.29) is 5.82 Å². The molecule has 0 amide bonds. The van der Waals surface area contributed by atoms with Crippen LogP contribution in [0.1, 0.15) is 0 Å². The van der Waals surface area contributed by atoms with Crippen molar-refractivity contribution in [2.75, 3.05) is 30.8 Å². The molecule has 0 spiro atoms. The number of rotatable bonds is 3. The Morgan fingerprint density at radius 1 is 1.46 bits per heavy atom. The molecule has 1 aromatic rings. The number of nitrogens with zero attached hydrogens (tertiary/aromatic N) is 1. The molecule has 0 aliphatic carbocycles. The Morgan fingerprint density at radius 3 is 2.77 bits per heavy atom. The topological polar surface area (TPSA) is 55.3 Å². The zero-order chi connectivity index (χ0) is 9.84. The molecule has 4 N–H and O–H groups in total. The van der Waals surface area contributed by atoms with Gasteiger partial charge in [-0.25, -0.2) is 4.39 Å². The van der Waals surface area contributed by atoms with Crippen LogP contribution in [0.25, 0.3) is 0 Å². The van der Waals surface area contributed by atoms with Crippen molar-refractivity contribution in [3.05, 3.63) is 24.0 Å². The van der Waals surface area contributed by atoms with E-state index in [9.17, 15) is 4.39 Å². The highest BCUT2D eigenvalue weighted by molar-refractivity contribution is 5.67. The standard InChI is InChI=1S/C9H14FN3/c1-13(5-4-11)9-6-7(10)2-3-8(9)12/h2-3,6H,4-5,11-12H2,1H3. The van der Waals surface area contributed by atoms with Gasteiger partial charge < -0.3 is 16.4 Å². The average Bonchev–Trinajstić information content (AvgIpc) is 2.09. The van der Waals surface area contributed by atoms with Gasteiger partial charge in [0.2, 0.25) is 0 Å². The summed E-state index contributed by atoms with van der Waals surface area (Å²) >= 11 is 0. The lowest BCUT2D eigenvalue weighted by atomic mass is 10.2. The summed E-state index contributed by atoms with van der Waals surface area (Å²) in [6.07, 6.45) is 0. The van der Waals surface area contributed by atoms with E-state index in [4.69, 9.17) is 11.5 Å². The fourth-order valence-corrected chi connectivity index (χ4v) is 1.16. The molecule has 0 aliphatic heterocycles. The molecule has 0 atom stereocenters. The molecular formula is C9H14FN3. The summed E-state index contributed by atoms with van der Waals surface area (Å²) in [6.45, 7) is 1.18. The molecule has 72 valence electrons. The van der Waals surface area contributed by atoms with Crippen LogP contribution in [0.3, 0.4) is 0 Å². The van der Waals surface area contributed by atoms with Crippen molar-refractivity contribution in [3.8, 4) is 0 Å². The first kappa shape index (κ1) is 9.80. The minimum absolute atomic E-state index is 0.284. The summed E-state index contributed by atoms with van der Waals surface area (Å²) in [4.78, 5) is 1.83. The minimum atomic E-state index is -0.284. The lowest BCUT2D eigenvalue weighted by molar-refractivity contribution is 0.627. The number of likely N-dealkylation sites (N-methyl/N-ethyl adjacent to an activating group) is 1. The number of benzene rings is 1. The molecule has 0 aromatic heterocycles. The van der Waals surface area contributed by atoms with Crippen LogP contribution in [0.5, 0.6) is 0 Å². The fraction of sp³-hybridized carbons (Fsp3) is 0.333. The van der Waals surface area contributed by atoms with E-state index in [1.54, 1.807) is 6.07 Å². The zero-order valence-electron chi connectivity index (χ0n) is 7.63. The highest BCUT2D eigenvalue weighted by Gasteiger charge is 2.05. The maximum absolute atomic E-state index is 12.8. The van der Waals surface area contributed by atoms with Crippen molar-refractivity contribution < 1.29 is 4.39 Å². The van der Waals surface area contributed by atoms with Crippen molar-refractivity contribution in [1.29, 1.82) is 0 Å². The van der Waals surface area contributed by atoms with Gasteiger partial charge in [0.05, 0.1) is 11.4 Å². The molecule has 4 heteroatoms. The monoisotopic (exact) mass is 183 g/mol. The first-order valence-electron chi connectivity index (χ1n) is 4.11. The molecule has 0 bridgehead atoms. The Balaban J connectivity index is 2.91. The quantitative estimate of drug-likeness (QED) is 0.681. The molecule has 3 nitrogen and oxygen atoms in total. The van der Waals surface area contributed by atoms with Gasteiger partial charge in [-0.1, -0.05) is 0 Å². The maximum atomic E-state index is 12.8. The molecule has 1 aromatic carbocycles. The molecule has 13 heavy (non-hydrogen) atoms. The normalized spacial score (nSPS) is 10.1. The number of hydrogen-bond acceptors (Lipinski definition) is 3. The fourth-order valence-electron chi connectivity index (χ4n) is 1.16. The van der Waals surface area contributed by atoms with Gasteiger partial charge in [-0.2, -0.15) is 0 Å². The minimum Gasteiger partial charge on any atom is -0.397 e. The second kappa shape index (κ2) is 4.09. The van der Waals surface area contributed by atoms with E-state index in [0.29, 0.717) is 24.5 Å². The Hall–Kier alpha value is -1.29. The van der Waals surface area contributed by atoms with Crippen molar-refractivity contribution >= 4 is 11.4 Å². The molecule has 0 heterocycles. The maximum Gasteiger partial charge on any atom is 0.125 e. The number of anilines is 2. The summed E-state index contributed by atoms with van der Waals surface area (Å²) < 4.78 is 12.8. The highest BCUT2D eigenvalue weighted by atomic mass is 19.1. The Bertz CT molecular complexity index is 288. The molecule has 0 radical (unpaired) electrons. The van der Waals surface area contributed by atoms with Gasteiger partial charge in [0.1, 0.15) is 5.82 Å². The first-order chi connectivity index (χ1) is 6.15. The van der Waals surface area contributed by atoms with Gasteiger partial charge in [0.15, 0.2) is 0 Å². The molecular weight excluding hydrogens is 169 g/mol. The van der Waals surface area contributed by atoms with Crippen LogP contribution in [0.4, 0.5) is 15.8 Å². The number of halogens is 1. The van der Waals surface area contributed by atoms with E-state index >= 15 is 0 Å². The number of nitrogens with two attached hydrogens (primary N) is 2. The van der Waals surface area contributed by atoms with E-state index in [0.717, 1.165) is 0 Å². The summed E-state index contributed by atoms with van der Waals surface area (Å²) in [7, 11) is 1.83. The van der Waals surface area contributed by atoms with Gasteiger partial charge in [0.25, 0.3) is 0 Å². The summed E-state index contributed by atoms with van der Waals surface area (Å²) in [5.41, 5.74) is 12.3.